The van der Waals surface area contributed by atoms with E-state index in [4.69, 9.17) is 10.9 Å². The minimum absolute atomic E-state index is 0.0816. The summed E-state index contributed by atoms with van der Waals surface area (Å²) in [4.78, 5) is 28.9. The summed E-state index contributed by atoms with van der Waals surface area (Å²) < 4.78 is 0. The smallest absolute Gasteiger partial charge is 0.316 e. The number of aryl methyl sites for hydroxylation is 2. The van der Waals surface area contributed by atoms with Crippen molar-refractivity contribution in [3.63, 3.8) is 0 Å². The Bertz CT molecular complexity index is 1010. The van der Waals surface area contributed by atoms with Crippen LogP contribution in [-0.4, -0.2) is 21.0 Å². The molecule has 0 spiro atoms. The Morgan fingerprint density at radius 2 is 2.04 bits per heavy atom. The van der Waals surface area contributed by atoms with Crippen LogP contribution in [0.2, 0.25) is 0 Å². The van der Waals surface area contributed by atoms with Crippen molar-refractivity contribution in [1.29, 1.82) is 0 Å². The van der Waals surface area contributed by atoms with Crippen LogP contribution in [-0.2, 0) is 12.8 Å². The Morgan fingerprint density at radius 1 is 1.28 bits per heavy atom. The summed E-state index contributed by atoms with van der Waals surface area (Å²) in [6.07, 6.45) is 3.08. The lowest BCUT2D eigenvalue weighted by molar-refractivity contribution is -0.729. The summed E-state index contributed by atoms with van der Waals surface area (Å²) in [6, 6.07) is 7.92. The second-order valence-corrected chi connectivity index (χ2v) is 6.92. The van der Waals surface area contributed by atoms with Crippen molar-refractivity contribution in [3.05, 3.63) is 51.4 Å². The number of rotatable bonds is 3. The van der Waals surface area contributed by atoms with Crippen LogP contribution in [0.5, 0.6) is 0 Å². The van der Waals surface area contributed by atoms with Crippen molar-refractivity contribution in [1.82, 2.24) is 4.98 Å². The molecule has 0 unspecified atom stereocenters. The van der Waals surface area contributed by atoms with Crippen LogP contribution in [0, 0.1) is 4.91 Å². The van der Waals surface area contributed by atoms with Crippen molar-refractivity contribution in [2.24, 2.45) is 0 Å². The van der Waals surface area contributed by atoms with Gasteiger partial charge >= 0.3 is 5.69 Å². The van der Waals surface area contributed by atoms with Crippen LogP contribution < -0.4 is 11.1 Å². The second kappa shape index (κ2) is 5.82. The number of thiophene rings is 1. The van der Waals surface area contributed by atoms with Crippen LogP contribution in [0.25, 0.3) is 10.2 Å². The molecule has 8 heteroatoms. The Labute approximate surface area is 146 Å². The summed E-state index contributed by atoms with van der Waals surface area (Å²) in [5, 5.41) is 12.4. The van der Waals surface area contributed by atoms with Crippen LogP contribution in [0.4, 0.5) is 17.1 Å². The molecule has 0 saturated carbocycles. The highest BCUT2D eigenvalue weighted by Gasteiger charge is 2.21. The normalized spacial score (nSPS) is 13.0. The second-order valence-electron chi connectivity index (χ2n) is 5.92. The van der Waals surface area contributed by atoms with Crippen molar-refractivity contribution < 1.29 is 14.9 Å². The zero-order valence-electron chi connectivity index (χ0n) is 13.2. The minimum atomic E-state index is -0.323. The number of hydrogen-bond acceptors (Lipinski definition) is 5. The standard InChI is InChI=1S/C17H14N4O3S/c18-14-12-8-9-2-1-3-13(9)20-17(12)25-15(14)16(22)19-10-4-6-11(7-5-10)21(23)24/h4-8H,1-3H2,(H3-,18,19,22,23,24)/p+1. The Kier molecular flexibility index (Phi) is 3.61. The Morgan fingerprint density at radius 3 is 2.76 bits per heavy atom. The zero-order valence-corrected chi connectivity index (χ0v) is 14.0. The lowest BCUT2D eigenvalue weighted by atomic mass is 10.1. The number of hydrogen-bond donors (Lipinski definition) is 3. The number of anilines is 2. The topological polar surface area (TPSA) is 108 Å². The van der Waals surface area contributed by atoms with Gasteiger partial charge in [0.25, 0.3) is 10.8 Å². The molecule has 2 heterocycles. The number of nitrogens with one attached hydrogen (secondary N) is 1. The van der Waals surface area contributed by atoms with Gasteiger partial charge in [-0.1, -0.05) is 0 Å². The van der Waals surface area contributed by atoms with Crippen LogP contribution in [0.15, 0.2) is 30.3 Å². The number of carbonyl (C=O) groups is 1. The maximum Gasteiger partial charge on any atom is 0.316 e. The predicted octanol–water partition coefficient (Wildman–Crippen LogP) is 3.42. The molecule has 0 saturated heterocycles. The summed E-state index contributed by atoms with van der Waals surface area (Å²) in [5.41, 5.74) is 9.52. The zero-order chi connectivity index (χ0) is 17.6. The van der Waals surface area contributed by atoms with E-state index in [2.05, 4.69) is 10.3 Å². The number of fused-ring (bicyclic) bond motifs is 2. The fourth-order valence-corrected chi connectivity index (χ4v) is 4.02. The average Bonchev–Trinajstić information content (AvgIpc) is 3.17. The largest absolute Gasteiger partial charge is 0.397 e. The molecule has 3 aromatic rings. The molecule has 0 atom stereocenters. The number of nitrogens with zero attached hydrogens (tertiary/aromatic N) is 2. The van der Waals surface area contributed by atoms with E-state index in [1.54, 1.807) is 0 Å². The number of aromatic nitrogens is 1. The summed E-state index contributed by atoms with van der Waals surface area (Å²) in [6.45, 7) is 0. The highest BCUT2D eigenvalue weighted by molar-refractivity contribution is 7.21. The number of amides is 1. The van der Waals surface area contributed by atoms with Crippen molar-refractivity contribution in [2.45, 2.75) is 19.3 Å². The van der Waals surface area contributed by atoms with E-state index in [1.807, 2.05) is 6.07 Å². The summed E-state index contributed by atoms with van der Waals surface area (Å²) in [5.74, 6) is -0.323. The SMILES string of the molecule is Nc1c(C(=O)Nc2ccc([N+](=O)O)cc2)sc2nc3c(cc12)CCC3. The van der Waals surface area contributed by atoms with Gasteiger partial charge in [-0.15, -0.1) is 11.3 Å². The lowest BCUT2D eigenvalue weighted by Gasteiger charge is -2.03. The summed E-state index contributed by atoms with van der Waals surface area (Å²) in [7, 11) is 0. The number of nitrogens with two attached hydrogens (primary N) is 1. The van der Waals surface area contributed by atoms with E-state index in [1.165, 1.54) is 41.2 Å². The molecule has 0 aliphatic heterocycles. The van der Waals surface area contributed by atoms with Crippen LogP contribution in [0.1, 0.15) is 27.3 Å². The van der Waals surface area contributed by atoms with Gasteiger partial charge in [-0.2, -0.15) is 0 Å². The van der Waals surface area contributed by atoms with Crippen molar-refractivity contribution in [2.75, 3.05) is 11.1 Å². The Balaban J connectivity index is 1.63. The molecule has 0 fully saturated rings. The van der Waals surface area contributed by atoms with Gasteiger partial charge in [0.1, 0.15) is 9.71 Å². The van der Waals surface area contributed by atoms with Gasteiger partial charge in [-0.05, 0) is 43.0 Å². The molecule has 1 aliphatic carbocycles. The molecule has 2 aromatic heterocycles. The molecule has 1 aliphatic rings. The van der Waals surface area contributed by atoms with Gasteiger partial charge in [-0.25, -0.2) is 10.2 Å². The predicted molar refractivity (Wildman–Crippen MR) is 95.5 cm³/mol. The van der Waals surface area contributed by atoms with Gasteiger partial charge in [0, 0.05) is 28.9 Å². The van der Waals surface area contributed by atoms with Gasteiger partial charge in [0.05, 0.1) is 10.6 Å². The molecule has 4 rings (SSSR count). The quantitative estimate of drug-likeness (QED) is 0.624. The highest BCUT2D eigenvalue weighted by Crippen LogP contribution is 2.36. The first-order chi connectivity index (χ1) is 12.0. The lowest BCUT2D eigenvalue weighted by Crippen LogP contribution is -2.11. The van der Waals surface area contributed by atoms with E-state index in [0.29, 0.717) is 16.3 Å². The fourth-order valence-electron chi connectivity index (χ4n) is 3.03. The van der Waals surface area contributed by atoms with Gasteiger partial charge < -0.3 is 11.1 Å². The molecule has 4 N–H and O–H groups in total. The molecule has 25 heavy (non-hydrogen) atoms. The molecule has 7 nitrogen and oxygen atoms in total. The third kappa shape index (κ3) is 2.70. The fraction of sp³-hybridized carbons (Fsp3) is 0.176. The molecular formula is C17H15N4O3S+. The first-order valence-corrected chi connectivity index (χ1v) is 8.63. The molecule has 0 bridgehead atoms. The number of benzene rings is 1. The maximum atomic E-state index is 12.5. The van der Waals surface area contributed by atoms with Crippen LogP contribution >= 0.6 is 11.3 Å². The molecule has 1 amide bonds. The monoisotopic (exact) mass is 355 g/mol. The molecular weight excluding hydrogens is 340 g/mol. The number of pyridine rings is 1. The minimum Gasteiger partial charge on any atom is -0.397 e. The van der Waals surface area contributed by atoms with Gasteiger partial charge in [-0.3, -0.25) is 4.79 Å². The van der Waals surface area contributed by atoms with E-state index in [0.717, 1.165) is 35.2 Å². The highest BCUT2D eigenvalue weighted by atomic mass is 32.1. The molecule has 0 radical (unpaired) electrons. The van der Waals surface area contributed by atoms with E-state index in [9.17, 15) is 9.70 Å². The van der Waals surface area contributed by atoms with Crippen molar-refractivity contribution in [3.8, 4) is 0 Å². The van der Waals surface area contributed by atoms with Gasteiger partial charge in [0.15, 0.2) is 0 Å². The van der Waals surface area contributed by atoms with Crippen molar-refractivity contribution >= 4 is 44.5 Å². The average molecular weight is 355 g/mol. The van der Waals surface area contributed by atoms with Gasteiger partial charge in [0.2, 0.25) is 0 Å². The number of nitrogen functional groups attached to an aromatic ring is 1. The van der Waals surface area contributed by atoms with E-state index in [-0.39, 0.29) is 16.5 Å². The maximum absolute atomic E-state index is 12.5. The first kappa shape index (κ1) is 15.5. The molecule has 1 aromatic carbocycles. The first-order valence-electron chi connectivity index (χ1n) is 7.81. The molecule has 126 valence electrons. The Hall–Kier alpha value is -3.00. The summed E-state index contributed by atoms with van der Waals surface area (Å²) >= 11 is 1.28. The third-order valence-corrected chi connectivity index (χ3v) is 5.42. The van der Waals surface area contributed by atoms with E-state index >= 15 is 0 Å². The van der Waals surface area contributed by atoms with Crippen LogP contribution in [0.3, 0.4) is 0 Å². The number of carbonyl (C=O) groups excluding carboxylic acids is 1. The van der Waals surface area contributed by atoms with E-state index < -0.39 is 0 Å². The third-order valence-electron chi connectivity index (χ3n) is 4.30.